The fourth-order valence-electron chi connectivity index (χ4n) is 1.16. The molecule has 0 saturated heterocycles. The summed E-state index contributed by atoms with van der Waals surface area (Å²) >= 11 is 3.36. The van der Waals surface area contributed by atoms with E-state index >= 15 is 0 Å². The number of methoxy groups -OCH3 is 1. The maximum Gasteiger partial charge on any atom is 0.245 e. The molecule has 78 valence electrons. The fraction of sp³-hybridized carbons (Fsp3) is 0.125. The molecule has 1 aromatic carbocycles. The minimum absolute atomic E-state index is 0.236. The number of aromatic nitrogens is 4. The van der Waals surface area contributed by atoms with Crippen molar-refractivity contribution < 1.29 is 4.74 Å². The standard InChI is InChI=1S/C8H8BrN5O/c1-15-7-4-5(2-3-6(7)9)14-8(10)11-12-13-14/h2-4H,1H3,(H2,10,11,13). The predicted molar refractivity (Wildman–Crippen MR) is 57.8 cm³/mol. The van der Waals surface area contributed by atoms with E-state index in [2.05, 4.69) is 31.5 Å². The predicted octanol–water partition coefficient (Wildman–Crippen LogP) is 1.02. The first-order chi connectivity index (χ1) is 7.22. The maximum absolute atomic E-state index is 5.58. The van der Waals surface area contributed by atoms with E-state index in [4.69, 9.17) is 10.5 Å². The molecule has 2 N–H and O–H groups in total. The van der Waals surface area contributed by atoms with Crippen LogP contribution in [-0.2, 0) is 0 Å². The van der Waals surface area contributed by atoms with E-state index in [0.29, 0.717) is 5.75 Å². The highest BCUT2D eigenvalue weighted by atomic mass is 79.9. The number of halogens is 1. The van der Waals surface area contributed by atoms with Crippen molar-refractivity contribution in [2.24, 2.45) is 0 Å². The second kappa shape index (κ2) is 3.85. The van der Waals surface area contributed by atoms with Gasteiger partial charge in [-0.1, -0.05) is 5.10 Å². The molecule has 0 amide bonds. The van der Waals surface area contributed by atoms with Crippen molar-refractivity contribution in [1.82, 2.24) is 20.2 Å². The first-order valence-corrected chi connectivity index (χ1v) is 4.89. The highest BCUT2D eigenvalue weighted by Crippen LogP contribution is 2.27. The molecule has 0 fully saturated rings. The smallest absolute Gasteiger partial charge is 0.245 e. The lowest BCUT2D eigenvalue weighted by Gasteiger charge is -2.06. The van der Waals surface area contributed by atoms with Crippen LogP contribution in [0.2, 0.25) is 0 Å². The molecule has 0 aliphatic carbocycles. The number of nitrogen functional groups attached to an aromatic ring is 1. The number of benzene rings is 1. The average Bonchev–Trinajstić information content (AvgIpc) is 2.65. The Morgan fingerprint density at radius 3 is 2.87 bits per heavy atom. The van der Waals surface area contributed by atoms with Crippen molar-refractivity contribution in [3.05, 3.63) is 22.7 Å². The summed E-state index contributed by atoms with van der Waals surface area (Å²) in [5.41, 5.74) is 6.32. The number of anilines is 1. The van der Waals surface area contributed by atoms with Crippen LogP contribution in [0.4, 0.5) is 5.95 Å². The van der Waals surface area contributed by atoms with E-state index in [0.717, 1.165) is 10.2 Å². The Bertz CT molecular complexity index is 484. The van der Waals surface area contributed by atoms with Gasteiger partial charge in [0, 0.05) is 6.07 Å². The second-order valence-corrected chi connectivity index (χ2v) is 3.62. The van der Waals surface area contributed by atoms with Crippen molar-refractivity contribution in [1.29, 1.82) is 0 Å². The highest BCUT2D eigenvalue weighted by Gasteiger charge is 2.07. The summed E-state index contributed by atoms with van der Waals surface area (Å²) in [5.74, 6) is 0.932. The molecule has 1 heterocycles. The maximum atomic E-state index is 5.58. The summed E-state index contributed by atoms with van der Waals surface area (Å²) in [5, 5.41) is 10.8. The van der Waals surface area contributed by atoms with E-state index in [-0.39, 0.29) is 5.95 Å². The Hall–Kier alpha value is -1.63. The topological polar surface area (TPSA) is 78.8 Å². The molecule has 0 spiro atoms. The average molecular weight is 270 g/mol. The van der Waals surface area contributed by atoms with Gasteiger partial charge in [-0.3, -0.25) is 0 Å². The number of nitrogens with zero attached hydrogens (tertiary/aromatic N) is 4. The summed E-state index contributed by atoms with van der Waals surface area (Å²) in [6.07, 6.45) is 0. The van der Waals surface area contributed by atoms with Gasteiger partial charge in [0.1, 0.15) is 5.75 Å². The van der Waals surface area contributed by atoms with E-state index < -0.39 is 0 Å². The molecular formula is C8H8BrN5O. The summed E-state index contributed by atoms with van der Waals surface area (Å²) < 4.78 is 7.44. The minimum Gasteiger partial charge on any atom is -0.495 e. The third-order valence-electron chi connectivity index (χ3n) is 1.87. The van der Waals surface area contributed by atoms with Gasteiger partial charge in [-0.05, 0) is 38.5 Å². The molecule has 2 aromatic rings. The summed E-state index contributed by atoms with van der Waals surface area (Å²) in [6.45, 7) is 0. The van der Waals surface area contributed by atoms with Crippen LogP contribution in [0.1, 0.15) is 0 Å². The number of nitrogens with two attached hydrogens (primary N) is 1. The van der Waals surface area contributed by atoms with Crippen LogP contribution in [0.3, 0.4) is 0 Å². The molecule has 0 atom stereocenters. The van der Waals surface area contributed by atoms with Crippen LogP contribution in [0, 0.1) is 0 Å². The van der Waals surface area contributed by atoms with Crippen molar-refractivity contribution >= 4 is 21.9 Å². The van der Waals surface area contributed by atoms with Crippen molar-refractivity contribution in [2.75, 3.05) is 12.8 Å². The molecule has 0 aliphatic heterocycles. The van der Waals surface area contributed by atoms with Gasteiger partial charge in [-0.25, -0.2) is 0 Å². The lowest BCUT2D eigenvalue weighted by molar-refractivity contribution is 0.412. The lowest BCUT2D eigenvalue weighted by atomic mass is 10.3. The van der Waals surface area contributed by atoms with Gasteiger partial charge in [0.25, 0.3) is 0 Å². The molecule has 0 radical (unpaired) electrons. The van der Waals surface area contributed by atoms with Crippen molar-refractivity contribution in [3.63, 3.8) is 0 Å². The Labute approximate surface area is 94.2 Å². The third-order valence-corrected chi connectivity index (χ3v) is 2.53. The SMILES string of the molecule is COc1cc(-n2nnnc2N)ccc1Br. The van der Waals surface area contributed by atoms with Crippen molar-refractivity contribution in [2.45, 2.75) is 0 Å². The fourth-order valence-corrected chi connectivity index (χ4v) is 1.57. The zero-order chi connectivity index (χ0) is 10.8. The number of tetrazole rings is 1. The Balaban J connectivity index is 2.51. The van der Waals surface area contributed by atoms with Crippen LogP contribution in [0.15, 0.2) is 22.7 Å². The lowest BCUT2D eigenvalue weighted by Crippen LogP contribution is -2.02. The van der Waals surface area contributed by atoms with Gasteiger partial charge in [0.2, 0.25) is 5.95 Å². The Morgan fingerprint density at radius 2 is 2.27 bits per heavy atom. The van der Waals surface area contributed by atoms with Gasteiger partial charge in [-0.2, -0.15) is 4.68 Å². The van der Waals surface area contributed by atoms with Gasteiger partial charge in [0.15, 0.2) is 0 Å². The molecule has 2 rings (SSSR count). The van der Waals surface area contributed by atoms with E-state index in [9.17, 15) is 0 Å². The summed E-state index contributed by atoms with van der Waals surface area (Å²) in [6, 6.07) is 5.46. The minimum atomic E-state index is 0.236. The number of hydrogen-bond donors (Lipinski definition) is 1. The Kier molecular flexibility index (Phi) is 2.55. The van der Waals surface area contributed by atoms with Gasteiger partial charge in [0.05, 0.1) is 17.3 Å². The molecule has 6 nitrogen and oxygen atoms in total. The monoisotopic (exact) mass is 269 g/mol. The molecule has 0 saturated carbocycles. The molecule has 15 heavy (non-hydrogen) atoms. The zero-order valence-corrected chi connectivity index (χ0v) is 9.47. The Morgan fingerprint density at radius 1 is 1.47 bits per heavy atom. The number of rotatable bonds is 2. The van der Waals surface area contributed by atoms with E-state index in [1.54, 1.807) is 13.2 Å². The van der Waals surface area contributed by atoms with Crippen LogP contribution in [0.25, 0.3) is 5.69 Å². The van der Waals surface area contributed by atoms with Crippen LogP contribution in [0.5, 0.6) is 5.75 Å². The van der Waals surface area contributed by atoms with Crippen LogP contribution >= 0.6 is 15.9 Å². The number of hydrogen-bond acceptors (Lipinski definition) is 5. The third kappa shape index (κ3) is 1.78. The summed E-state index contributed by atoms with van der Waals surface area (Å²) in [7, 11) is 1.59. The van der Waals surface area contributed by atoms with Gasteiger partial charge < -0.3 is 10.5 Å². The molecule has 0 aliphatic rings. The second-order valence-electron chi connectivity index (χ2n) is 2.77. The molecular weight excluding hydrogens is 262 g/mol. The molecule has 0 bridgehead atoms. The first-order valence-electron chi connectivity index (χ1n) is 4.10. The van der Waals surface area contributed by atoms with E-state index in [1.165, 1.54) is 4.68 Å². The van der Waals surface area contributed by atoms with Crippen molar-refractivity contribution in [3.8, 4) is 11.4 Å². The first kappa shape index (κ1) is 9.91. The molecule has 0 unspecified atom stereocenters. The normalized spacial score (nSPS) is 10.3. The van der Waals surface area contributed by atoms with E-state index in [1.807, 2.05) is 12.1 Å². The highest BCUT2D eigenvalue weighted by molar-refractivity contribution is 9.10. The van der Waals surface area contributed by atoms with Gasteiger partial charge in [-0.15, -0.1) is 0 Å². The van der Waals surface area contributed by atoms with Crippen LogP contribution in [-0.4, -0.2) is 27.3 Å². The zero-order valence-electron chi connectivity index (χ0n) is 7.88. The number of ether oxygens (including phenoxy) is 1. The van der Waals surface area contributed by atoms with Crippen LogP contribution < -0.4 is 10.5 Å². The molecule has 1 aromatic heterocycles. The summed E-state index contributed by atoms with van der Waals surface area (Å²) in [4.78, 5) is 0. The van der Waals surface area contributed by atoms with Gasteiger partial charge >= 0.3 is 0 Å². The quantitative estimate of drug-likeness (QED) is 0.881. The largest absolute Gasteiger partial charge is 0.495 e. The molecule has 7 heteroatoms.